The predicted octanol–water partition coefficient (Wildman–Crippen LogP) is 4.36. The zero-order chi connectivity index (χ0) is 16.2. The van der Waals surface area contributed by atoms with E-state index in [9.17, 15) is 4.79 Å². The van der Waals surface area contributed by atoms with Crippen LogP contribution < -0.4 is 5.32 Å². The molecular formula is C18H14ClN3O. The number of nitrogens with one attached hydrogen (secondary N) is 1. The summed E-state index contributed by atoms with van der Waals surface area (Å²) in [7, 11) is 0. The summed E-state index contributed by atoms with van der Waals surface area (Å²) in [5, 5.41) is 3.40. The molecule has 1 N–H and O–H groups in total. The van der Waals surface area contributed by atoms with Crippen LogP contribution in [0.15, 0.2) is 60.8 Å². The number of benzene rings is 2. The molecule has 0 radical (unpaired) electrons. The van der Waals surface area contributed by atoms with E-state index in [0.29, 0.717) is 22.1 Å². The average Bonchev–Trinajstić information content (AvgIpc) is 2.55. The maximum absolute atomic E-state index is 12.3. The van der Waals surface area contributed by atoms with Crippen molar-refractivity contribution in [2.75, 3.05) is 5.32 Å². The number of carbonyl (C=O) groups is 1. The molecule has 4 nitrogen and oxygen atoms in total. The van der Waals surface area contributed by atoms with Crippen LogP contribution in [-0.2, 0) is 0 Å². The minimum atomic E-state index is -0.205. The minimum absolute atomic E-state index is 0.205. The van der Waals surface area contributed by atoms with E-state index in [-0.39, 0.29) is 5.91 Å². The largest absolute Gasteiger partial charge is 0.322 e. The molecule has 3 rings (SSSR count). The number of amides is 1. The quantitative estimate of drug-likeness (QED) is 0.779. The number of aromatic nitrogens is 2. The second-order valence-electron chi connectivity index (χ2n) is 5.03. The monoisotopic (exact) mass is 323 g/mol. The molecular weight excluding hydrogens is 310 g/mol. The molecule has 0 saturated heterocycles. The number of carbonyl (C=O) groups excluding carboxylic acids is 1. The number of nitrogens with zero attached hydrogens (tertiary/aromatic N) is 2. The lowest BCUT2D eigenvalue weighted by molar-refractivity contribution is 0.102. The van der Waals surface area contributed by atoms with Gasteiger partial charge in [0.1, 0.15) is 5.82 Å². The first-order chi connectivity index (χ1) is 11.1. The van der Waals surface area contributed by atoms with E-state index in [4.69, 9.17) is 11.6 Å². The Morgan fingerprint density at radius 2 is 1.91 bits per heavy atom. The fraction of sp³-hybridized carbons (Fsp3) is 0.0556. The van der Waals surface area contributed by atoms with Gasteiger partial charge in [-0.3, -0.25) is 4.79 Å². The van der Waals surface area contributed by atoms with Gasteiger partial charge >= 0.3 is 0 Å². The Morgan fingerprint density at radius 3 is 2.70 bits per heavy atom. The van der Waals surface area contributed by atoms with Crippen molar-refractivity contribution in [2.45, 2.75) is 6.92 Å². The molecule has 0 aliphatic heterocycles. The number of hydrogen-bond acceptors (Lipinski definition) is 3. The third-order valence-electron chi connectivity index (χ3n) is 3.28. The molecule has 0 aliphatic carbocycles. The van der Waals surface area contributed by atoms with Crippen molar-refractivity contribution in [3.8, 4) is 11.3 Å². The van der Waals surface area contributed by atoms with Gasteiger partial charge in [0.15, 0.2) is 0 Å². The van der Waals surface area contributed by atoms with Crippen LogP contribution in [0, 0.1) is 6.92 Å². The third-order valence-corrected chi connectivity index (χ3v) is 3.51. The van der Waals surface area contributed by atoms with Gasteiger partial charge in [-0.1, -0.05) is 29.8 Å². The first-order valence-electron chi connectivity index (χ1n) is 7.09. The van der Waals surface area contributed by atoms with Crippen molar-refractivity contribution in [1.29, 1.82) is 0 Å². The molecule has 0 bridgehead atoms. The summed E-state index contributed by atoms with van der Waals surface area (Å²) in [6.07, 6.45) is 1.72. The van der Waals surface area contributed by atoms with Crippen LogP contribution in [0.3, 0.4) is 0 Å². The fourth-order valence-corrected chi connectivity index (χ4v) is 2.40. The minimum Gasteiger partial charge on any atom is -0.322 e. The van der Waals surface area contributed by atoms with Gasteiger partial charge < -0.3 is 5.32 Å². The smallest absolute Gasteiger partial charge is 0.255 e. The molecule has 0 spiro atoms. The highest BCUT2D eigenvalue weighted by atomic mass is 35.5. The van der Waals surface area contributed by atoms with E-state index in [2.05, 4.69) is 15.3 Å². The maximum atomic E-state index is 12.3. The Labute approximate surface area is 139 Å². The van der Waals surface area contributed by atoms with Gasteiger partial charge in [-0.05, 0) is 43.3 Å². The van der Waals surface area contributed by atoms with Crippen molar-refractivity contribution in [2.24, 2.45) is 0 Å². The molecule has 1 heterocycles. The number of rotatable bonds is 3. The molecule has 1 aromatic heterocycles. The summed E-state index contributed by atoms with van der Waals surface area (Å²) in [6.45, 7) is 1.84. The molecule has 0 atom stereocenters. The van der Waals surface area contributed by atoms with Gasteiger partial charge in [-0.15, -0.1) is 0 Å². The molecule has 23 heavy (non-hydrogen) atoms. The zero-order valence-corrected chi connectivity index (χ0v) is 13.2. The van der Waals surface area contributed by atoms with Crippen LogP contribution in [0.1, 0.15) is 16.2 Å². The Hall–Kier alpha value is -2.72. The van der Waals surface area contributed by atoms with Crippen LogP contribution in [0.4, 0.5) is 5.69 Å². The summed E-state index contributed by atoms with van der Waals surface area (Å²) in [6, 6.07) is 16.2. The molecule has 0 fully saturated rings. The van der Waals surface area contributed by atoms with Gasteiger partial charge in [0, 0.05) is 28.0 Å². The first-order valence-corrected chi connectivity index (χ1v) is 7.46. The van der Waals surface area contributed by atoms with Gasteiger partial charge in [-0.2, -0.15) is 0 Å². The van der Waals surface area contributed by atoms with Crippen molar-refractivity contribution < 1.29 is 4.79 Å². The molecule has 0 unspecified atom stereocenters. The van der Waals surface area contributed by atoms with E-state index in [1.807, 2.05) is 37.3 Å². The summed E-state index contributed by atoms with van der Waals surface area (Å²) < 4.78 is 0. The Bertz CT molecular complexity index is 864. The predicted molar refractivity (Wildman–Crippen MR) is 91.6 cm³/mol. The van der Waals surface area contributed by atoms with Gasteiger partial charge in [0.2, 0.25) is 0 Å². The molecule has 0 saturated carbocycles. The van der Waals surface area contributed by atoms with Crippen LogP contribution in [-0.4, -0.2) is 15.9 Å². The lowest BCUT2D eigenvalue weighted by Crippen LogP contribution is -2.11. The first kappa shape index (κ1) is 15.2. The Balaban J connectivity index is 1.84. The highest BCUT2D eigenvalue weighted by Crippen LogP contribution is 2.21. The molecule has 114 valence electrons. The van der Waals surface area contributed by atoms with Gasteiger partial charge in [0.25, 0.3) is 5.91 Å². The van der Waals surface area contributed by atoms with Crippen molar-refractivity contribution >= 4 is 23.2 Å². The summed E-state index contributed by atoms with van der Waals surface area (Å²) in [4.78, 5) is 20.8. The van der Waals surface area contributed by atoms with Crippen LogP contribution in [0.25, 0.3) is 11.3 Å². The van der Waals surface area contributed by atoms with Crippen molar-refractivity contribution in [1.82, 2.24) is 9.97 Å². The van der Waals surface area contributed by atoms with E-state index in [1.54, 1.807) is 30.5 Å². The average molecular weight is 324 g/mol. The second kappa shape index (κ2) is 6.58. The summed E-state index contributed by atoms with van der Waals surface area (Å²) >= 11 is 5.92. The number of aryl methyl sites for hydroxylation is 1. The lowest BCUT2D eigenvalue weighted by Gasteiger charge is -2.08. The Kier molecular flexibility index (Phi) is 4.35. The van der Waals surface area contributed by atoms with Crippen LogP contribution in [0.5, 0.6) is 0 Å². The SMILES string of the molecule is Cc1nccc(-c2cccc(NC(=O)c3cccc(Cl)c3)c2)n1. The lowest BCUT2D eigenvalue weighted by atomic mass is 10.1. The van der Waals surface area contributed by atoms with Crippen LogP contribution >= 0.6 is 11.6 Å². The maximum Gasteiger partial charge on any atom is 0.255 e. The van der Waals surface area contributed by atoms with E-state index in [1.165, 1.54) is 0 Å². The van der Waals surface area contributed by atoms with E-state index < -0.39 is 0 Å². The molecule has 1 amide bonds. The normalized spacial score (nSPS) is 10.3. The van der Waals surface area contributed by atoms with Gasteiger partial charge in [0.05, 0.1) is 5.69 Å². The second-order valence-corrected chi connectivity index (χ2v) is 5.47. The molecule has 0 aliphatic rings. The number of halogens is 1. The number of hydrogen-bond donors (Lipinski definition) is 1. The van der Waals surface area contributed by atoms with Gasteiger partial charge in [-0.25, -0.2) is 9.97 Å². The van der Waals surface area contributed by atoms with Crippen molar-refractivity contribution in [3.63, 3.8) is 0 Å². The molecule has 2 aromatic carbocycles. The highest BCUT2D eigenvalue weighted by Gasteiger charge is 2.08. The van der Waals surface area contributed by atoms with E-state index >= 15 is 0 Å². The highest BCUT2D eigenvalue weighted by molar-refractivity contribution is 6.31. The third kappa shape index (κ3) is 3.73. The standard InChI is InChI=1S/C18H14ClN3O/c1-12-20-9-8-17(21-12)13-4-3-7-16(11-13)22-18(23)14-5-2-6-15(19)10-14/h2-11H,1H3,(H,22,23). The summed E-state index contributed by atoms with van der Waals surface area (Å²) in [5.41, 5.74) is 2.94. The van der Waals surface area contributed by atoms with Crippen molar-refractivity contribution in [3.05, 3.63) is 77.2 Å². The van der Waals surface area contributed by atoms with E-state index in [0.717, 1.165) is 11.3 Å². The topological polar surface area (TPSA) is 54.9 Å². The summed E-state index contributed by atoms with van der Waals surface area (Å²) in [5.74, 6) is 0.499. The zero-order valence-electron chi connectivity index (χ0n) is 12.5. The number of anilines is 1. The fourth-order valence-electron chi connectivity index (χ4n) is 2.21. The molecule has 5 heteroatoms. The molecule has 3 aromatic rings. The Morgan fingerprint density at radius 1 is 1.09 bits per heavy atom. The van der Waals surface area contributed by atoms with Crippen LogP contribution in [0.2, 0.25) is 5.02 Å².